The maximum Gasteiger partial charge on any atom is 0.200 e. The van der Waals surface area contributed by atoms with Crippen molar-refractivity contribution in [2.75, 3.05) is 0 Å². The topological polar surface area (TPSA) is 52.6 Å². The van der Waals surface area contributed by atoms with Crippen molar-refractivity contribution in [1.82, 2.24) is 0 Å². The zero-order valence-corrected chi connectivity index (χ0v) is 22.4. The third-order valence-corrected chi connectivity index (χ3v) is 8.35. The summed E-state index contributed by atoms with van der Waals surface area (Å²) in [5, 5.41) is 3.24. The van der Waals surface area contributed by atoms with E-state index in [-0.39, 0.29) is 5.43 Å². The van der Waals surface area contributed by atoms with Crippen molar-refractivity contribution >= 4 is 43.9 Å². The van der Waals surface area contributed by atoms with Gasteiger partial charge in [0.1, 0.15) is 33.8 Å². The molecule has 0 aliphatic carbocycles. The van der Waals surface area contributed by atoms with E-state index in [2.05, 4.69) is 48.5 Å². The van der Waals surface area contributed by atoms with Gasteiger partial charge < -0.3 is 13.6 Å². The maximum absolute atomic E-state index is 13.3. The van der Waals surface area contributed by atoms with Crippen LogP contribution >= 0.6 is 0 Å². The molecule has 0 atom stereocenters. The van der Waals surface area contributed by atoms with Gasteiger partial charge in [-0.25, -0.2) is 0 Å². The molecule has 0 radical (unpaired) electrons. The van der Waals surface area contributed by atoms with Crippen molar-refractivity contribution in [3.63, 3.8) is 0 Å². The van der Waals surface area contributed by atoms with Gasteiger partial charge in [-0.2, -0.15) is 0 Å². The van der Waals surface area contributed by atoms with Gasteiger partial charge in [0, 0.05) is 17.2 Å². The van der Waals surface area contributed by atoms with Crippen LogP contribution in [0.3, 0.4) is 0 Å². The van der Waals surface area contributed by atoms with Crippen LogP contribution in [0.5, 0.6) is 11.5 Å². The molecule has 8 aromatic rings. The van der Waals surface area contributed by atoms with Crippen molar-refractivity contribution in [2.24, 2.45) is 0 Å². The lowest BCUT2D eigenvalue weighted by Crippen LogP contribution is -2.02. The minimum absolute atomic E-state index is 0.0212. The molecular weight excluding hydrogens is 520 g/mol. The SMILES string of the molecule is O=c1c2ccccc2oc2ccc(-c3ccc4oc5ccc(-c6ccc7c(c6)Cc6ccccc6O7)cc5c4c3)cc12. The number of rotatable bonds is 2. The second-order valence-electron chi connectivity index (χ2n) is 10.9. The van der Waals surface area contributed by atoms with Gasteiger partial charge in [-0.3, -0.25) is 4.79 Å². The average molecular weight is 543 g/mol. The zero-order valence-electron chi connectivity index (χ0n) is 22.4. The molecule has 0 saturated heterocycles. The maximum atomic E-state index is 13.3. The van der Waals surface area contributed by atoms with Gasteiger partial charge in [0.15, 0.2) is 0 Å². The summed E-state index contributed by atoms with van der Waals surface area (Å²) in [6.45, 7) is 0. The largest absolute Gasteiger partial charge is 0.457 e. The van der Waals surface area contributed by atoms with Crippen LogP contribution in [0.4, 0.5) is 0 Å². The van der Waals surface area contributed by atoms with E-state index in [0.717, 1.165) is 62.1 Å². The molecule has 3 heterocycles. The van der Waals surface area contributed by atoms with Crippen LogP contribution in [0.15, 0.2) is 135 Å². The Balaban J connectivity index is 1.14. The van der Waals surface area contributed by atoms with Crippen LogP contribution < -0.4 is 10.2 Å². The number of hydrogen-bond acceptors (Lipinski definition) is 4. The summed E-state index contributed by atoms with van der Waals surface area (Å²) in [4.78, 5) is 13.3. The van der Waals surface area contributed by atoms with Crippen LogP contribution in [-0.4, -0.2) is 0 Å². The summed E-state index contributed by atoms with van der Waals surface area (Å²) in [6, 6.07) is 40.3. The molecule has 1 aliphatic heterocycles. The molecule has 42 heavy (non-hydrogen) atoms. The normalized spacial score (nSPS) is 12.5. The lowest BCUT2D eigenvalue weighted by Gasteiger charge is -2.20. The summed E-state index contributed by atoms with van der Waals surface area (Å²) in [5.41, 5.74) is 9.42. The molecule has 0 amide bonds. The van der Waals surface area contributed by atoms with Gasteiger partial charge in [0.05, 0.1) is 10.8 Å². The van der Waals surface area contributed by atoms with Gasteiger partial charge in [-0.1, -0.05) is 54.6 Å². The number of furan rings is 1. The second-order valence-corrected chi connectivity index (χ2v) is 10.9. The third-order valence-electron chi connectivity index (χ3n) is 8.35. The van der Waals surface area contributed by atoms with E-state index >= 15 is 0 Å². The standard InChI is InChI=1S/C38H22O4/c39-38-28-6-2-4-8-34(28)41-37-16-12-25(21-31(37)38)24-11-15-36-30(20-24)29-19-23(10-14-35(29)42-36)22-9-13-33-27(17-22)18-26-5-1-3-7-32(26)40-33/h1-17,19-21H,18H2. The first kappa shape index (κ1) is 23.1. The molecule has 0 unspecified atom stereocenters. The number of para-hydroxylation sites is 2. The molecule has 9 rings (SSSR count). The lowest BCUT2D eigenvalue weighted by molar-refractivity contribution is 0.460. The molecule has 198 valence electrons. The predicted octanol–water partition coefficient (Wildman–Crippen LogP) is 9.88. The van der Waals surface area contributed by atoms with E-state index in [0.29, 0.717) is 21.9 Å². The Bertz CT molecular complexity index is 2440. The smallest absolute Gasteiger partial charge is 0.200 e. The number of fused-ring (bicyclic) bond motifs is 7. The number of ether oxygens (including phenoxy) is 1. The first-order valence-electron chi connectivity index (χ1n) is 14.0. The first-order valence-corrected chi connectivity index (χ1v) is 14.0. The Labute approximate surface area is 240 Å². The highest BCUT2D eigenvalue weighted by atomic mass is 16.5. The van der Waals surface area contributed by atoms with Crippen molar-refractivity contribution in [2.45, 2.75) is 6.42 Å². The van der Waals surface area contributed by atoms with E-state index in [1.807, 2.05) is 72.8 Å². The van der Waals surface area contributed by atoms with E-state index < -0.39 is 0 Å². The molecule has 2 aromatic heterocycles. The molecule has 0 spiro atoms. The number of benzene rings is 6. The Kier molecular flexibility index (Phi) is 4.79. The molecule has 4 heteroatoms. The summed E-state index contributed by atoms with van der Waals surface area (Å²) < 4.78 is 18.4. The number of hydrogen-bond donors (Lipinski definition) is 0. The second kappa shape index (κ2) is 8.69. The Hall–Kier alpha value is -5.61. The monoisotopic (exact) mass is 542 g/mol. The average Bonchev–Trinajstić information content (AvgIpc) is 3.41. The molecular formula is C38H22O4. The summed E-state index contributed by atoms with van der Waals surface area (Å²) in [5.74, 6) is 1.84. The Morgan fingerprint density at radius 2 is 0.952 bits per heavy atom. The highest BCUT2D eigenvalue weighted by Crippen LogP contribution is 2.40. The fourth-order valence-electron chi connectivity index (χ4n) is 6.19. The van der Waals surface area contributed by atoms with Gasteiger partial charge >= 0.3 is 0 Å². The third kappa shape index (κ3) is 3.52. The van der Waals surface area contributed by atoms with Crippen LogP contribution in [0.2, 0.25) is 0 Å². The highest BCUT2D eigenvalue weighted by Gasteiger charge is 2.18. The molecule has 0 N–H and O–H groups in total. The molecule has 4 nitrogen and oxygen atoms in total. The Morgan fingerprint density at radius 3 is 1.69 bits per heavy atom. The first-order chi connectivity index (χ1) is 20.7. The lowest BCUT2D eigenvalue weighted by atomic mass is 9.95. The quantitative estimate of drug-likeness (QED) is 0.204. The van der Waals surface area contributed by atoms with Gasteiger partial charge in [-0.05, 0) is 100 Å². The fourth-order valence-corrected chi connectivity index (χ4v) is 6.19. The van der Waals surface area contributed by atoms with Crippen LogP contribution in [0, 0.1) is 0 Å². The predicted molar refractivity (Wildman–Crippen MR) is 167 cm³/mol. The minimum Gasteiger partial charge on any atom is -0.457 e. The van der Waals surface area contributed by atoms with Gasteiger partial charge in [0.25, 0.3) is 0 Å². The zero-order chi connectivity index (χ0) is 27.8. The summed E-state index contributed by atoms with van der Waals surface area (Å²) in [6.07, 6.45) is 0.847. The Morgan fingerprint density at radius 1 is 0.429 bits per heavy atom. The van der Waals surface area contributed by atoms with Crippen molar-refractivity contribution in [3.8, 4) is 33.8 Å². The van der Waals surface area contributed by atoms with E-state index in [9.17, 15) is 4.79 Å². The molecule has 0 bridgehead atoms. The van der Waals surface area contributed by atoms with E-state index in [1.165, 1.54) is 11.1 Å². The molecule has 6 aromatic carbocycles. The summed E-state index contributed by atoms with van der Waals surface area (Å²) >= 11 is 0. The molecule has 0 saturated carbocycles. The van der Waals surface area contributed by atoms with Crippen LogP contribution in [0.1, 0.15) is 11.1 Å². The van der Waals surface area contributed by atoms with Crippen LogP contribution in [0.25, 0.3) is 66.1 Å². The molecule has 1 aliphatic rings. The van der Waals surface area contributed by atoms with Crippen molar-refractivity contribution in [3.05, 3.63) is 143 Å². The van der Waals surface area contributed by atoms with Gasteiger partial charge in [-0.15, -0.1) is 0 Å². The fraction of sp³-hybridized carbons (Fsp3) is 0.0263. The van der Waals surface area contributed by atoms with Crippen LogP contribution in [-0.2, 0) is 6.42 Å². The minimum atomic E-state index is -0.0212. The van der Waals surface area contributed by atoms with Crippen molar-refractivity contribution < 1.29 is 13.6 Å². The van der Waals surface area contributed by atoms with E-state index in [1.54, 1.807) is 0 Å². The summed E-state index contributed by atoms with van der Waals surface area (Å²) in [7, 11) is 0. The highest BCUT2D eigenvalue weighted by molar-refractivity contribution is 6.08. The molecule has 0 fully saturated rings. The van der Waals surface area contributed by atoms with E-state index in [4.69, 9.17) is 13.6 Å². The van der Waals surface area contributed by atoms with Crippen molar-refractivity contribution in [1.29, 1.82) is 0 Å². The van der Waals surface area contributed by atoms with Gasteiger partial charge in [0.2, 0.25) is 5.43 Å².